The van der Waals surface area contributed by atoms with E-state index in [1.54, 1.807) is 41.2 Å². The molecule has 3 fully saturated rings. The van der Waals surface area contributed by atoms with Crippen LogP contribution in [0.3, 0.4) is 0 Å². The van der Waals surface area contributed by atoms with Gasteiger partial charge in [0.2, 0.25) is 15.9 Å². The molecule has 5 rings (SSSR count). The summed E-state index contributed by atoms with van der Waals surface area (Å²) in [6.07, 6.45) is 4.88. The number of rotatable bonds is 7. The summed E-state index contributed by atoms with van der Waals surface area (Å²) in [4.78, 5) is 29.9. The lowest BCUT2D eigenvalue weighted by Crippen LogP contribution is -2.63. The minimum atomic E-state index is -3.83. The smallest absolute Gasteiger partial charge is 0.316 e. The molecule has 2 aliphatic carbocycles. The standard InChI is InChI=1S/C24H27FN6O4S/c1-29-12-17(11-27-29)14-31-22(32)20-10-19(36(34,35)28-24(15-26)8-9-24)6-7-21(20)30(23(31)33)13-16-2-4-18(25)5-3-16/h2-5,11-12,19-21,28H,6-10,13-14H2,1H3. The van der Waals surface area contributed by atoms with Crippen molar-refractivity contribution in [1.82, 2.24) is 24.3 Å². The van der Waals surface area contributed by atoms with Gasteiger partial charge in [-0.05, 0) is 49.8 Å². The highest BCUT2D eigenvalue weighted by Gasteiger charge is 2.53. The van der Waals surface area contributed by atoms with Gasteiger partial charge < -0.3 is 4.90 Å². The van der Waals surface area contributed by atoms with Crippen molar-refractivity contribution in [2.45, 2.75) is 62.0 Å². The molecule has 1 N–H and O–H groups in total. The Labute approximate surface area is 208 Å². The highest BCUT2D eigenvalue weighted by atomic mass is 32.2. The average molecular weight is 515 g/mol. The van der Waals surface area contributed by atoms with Crippen molar-refractivity contribution in [3.05, 3.63) is 53.6 Å². The normalized spacial score (nSPS) is 25.4. The predicted molar refractivity (Wildman–Crippen MR) is 126 cm³/mol. The maximum atomic E-state index is 13.6. The third kappa shape index (κ3) is 4.60. The van der Waals surface area contributed by atoms with Gasteiger partial charge in [0.05, 0.1) is 30.0 Å². The van der Waals surface area contributed by atoms with Crippen LogP contribution in [-0.2, 0) is 35.0 Å². The molecule has 10 nitrogen and oxygen atoms in total. The van der Waals surface area contributed by atoms with Gasteiger partial charge in [-0.25, -0.2) is 17.6 Å². The molecule has 3 aliphatic rings. The van der Waals surface area contributed by atoms with Gasteiger partial charge in [-0.3, -0.25) is 14.4 Å². The number of nitriles is 1. The molecule has 0 radical (unpaired) electrons. The molecule has 2 heterocycles. The summed E-state index contributed by atoms with van der Waals surface area (Å²) in [6.45, 7) is 0.187. The molecule has 1 aromatic carbocycles. The first-order chi connectivity index (χ1) is 17.1. The Kier molecular flexibility index (Phi) is 6.08. The van der Waals surface area contributed by atoms with Gasteiger partial charge >= 0.3 is 6.03 Å². The van der Waals surface area contributed by atoms with E-state index in [0.29, 0.717) is 30.4 Å². The Morgan fingerprint density at radius 2 is 1.89 bits per heavy atom. The molecule has 1 saturated heterocycles. The number of benzene rings is 1. The van der Waals surface area contributed by atoms with E-state index < -0.39 is 44.7 Å². The van der Waals surface area contributed by atoms with Crippen LogP contribution in [0.2, 0.25) is 0 Å². The first kappa shape index (κ1) is 24.4. The van der Waals surface area contributed by atoms with Crippen molar-refractivity contribution in [1.29, 1.82) is 5.26 Å². The zero-order chi connectivity index (χ0) is 25.7. The fraction of sp³-hybridized carbons (Fsp3) is 0.500. The number of sulfonamides is 1. The summed E-state index contributed by atoms with van der Waals surface area (Å²) >= 11 is 0. The Hall–Kier alpha value is -3.30. The topological polar surface area (TPSA) is 128 Å². The van der Waals surface area contributed by atoms with Crippen LogP contribution in [0.5, 0.6) is 0 Å². The lowest BCUT2D eigenvalue weighted by molar-refractivity contribution is -0.141. The average Bonchev–Trinajstić information content (AvgIpc) is 3.50. The van der Waals surface area contributed by atoms with Gasteiger partial charge in [0.1, 0.15) is 11.4 Å². The van der Waals surface area contributed by atoms with E-state index in [2.05, 4.69) is 9.82 Å². The van der Waals surface area contributed by atoms with E-state index >= 15 is 0 Å². The molecule has 190 valence electrons. The number of fused-ring (bicyclic) bond motifs is 1. The zero-order valence-electron chi connectivity index (χ0n) is 19.8. The molecule has 0 bridgehead atoms. The molecule has 2 aromatic rings. The quantitative estimate of drug-likeness (QED) is 0.602. The largest absolute Gasteiger partial charge is 0.327 e. The minimum absolute atomic E-state index is 0.0157. The molecule has 12 heteroatoms. The second kappa shape index (κ2) is 8.97. The fourth-order valence-corrected chi connectivity index (χ4v) is 7.07. The number of carbonyl (C=O) groups is 2. The van der Waals surface area contributed by atoms with Crippen molar-refractivity contribution in [3.63, 3.8) is 0 Å². The van der Waals surface area contributed by atoms with Gasteiger partial charge in [-0.2, -0.15) is 15.1 Å². The Bertz CT molecular complexity index is 1330. The Morgan fingerprint density at radius 3 is 2.50 bits per heavy atom. The van der Waals surface area contributed by atoms with Crippen LogP contribution in [0.4, 0.5) is 9.18 Å². The zero-order valence-corrected chi connectivity index (χ0v) is 20.6. The number of carbonyl (C=O) groups excluding carboxylic acids is 2. The molecule has 0 spiro atoms. The van der Waals surface area contributed by atoms with E-state index in [1.807, 2.05) is 6.07 Å². The number of aromatic nitrogens is 2. The summed E-state index contributed by atoms with van der Waals surface area (Å²) in [7, 11) is -2.10. The lowest BCUT2D eigenvalue weighted by Gasteiger charge is -2.48. The molecule has 3 atom stereocenters. The molecular formula is C24H27FN6O4S. The van der Waals surface area contributed by atoms with Gasteiger partial charge in [-0.15, -0.1) is 0 Å². The van der Waals surface area contributed by atoms with Crippen LogP contribution in [0.25, 0.3) is 0 Å². The van der Waals surface area contributed by atoms with E-state index in [1.165, 1.54) is 12.1 Å². The molecule has 2 saturated carbocycles. The number of urea groups is 1. The molecule has 3 amide bonds. The maximum Gasteiger partial charge on any atom is 0.327 e. The van der Waals surface area contributed by atoms with Crippen LogP contribution in [0, 0.1) is 23.1 Å². The van der Waals surface area contributed by atoms with E-state index in [9.17, 15) is 27.7 Å². The summed E-state index contributed by atoms with van der Waals surface area (Å²) in [5.74, 6) is -1.52. The molecule has 36 heavy (non-hydrogen) atoms. The number of hydrogen-bond acceptors (Lipinski definition) is 6. The number of nitrogens with zero attached hydrogens (tertiary/aromatic N) is 5. The van der Waals surface area contributed by atoms with Gasteiger partial charge in [-0.1, -0.05) is 12.1 Å². The maximum absolute atomic E-state index is 13.6. The number of aryl methyl sites for hydroxylation is 1. The first-order valence-corrected chi connectivity index (χ1v) is 13.4. The third-order valence-electron chi connectivity index (χ3n) is 7.33. The van der Waals surface area contributed by atoms with Crippen molar-refractivity contribution in [2.24, 2.45) is 13.0 Å². The second-order valence-corrected chi connectivity index (χ2v) is 11.9. The number of halogens is 1. The molecule has 1 aromatic heterocycles. The van der Waals surface area contributed by atoms with E-state index in [-0.39, 0.29) is 31.7 Å². The van der Waals surface area contributed by atoms with E-state index in [4.69, 9.17) is 0 Å². The lowest BCUT2D eigenvalue weighted by atomic mass is 9.80. The SMILES string of the molecule is Cn1cc(CN2C(=O)C3CC(S(=O)(=O)NC4(C#N)CC4)CCC3N(Cc3ccc(F)cc3)C2=O)cn1. The highest BCUT2D eigenvalue weighted by Crippen LogP contribution is 2.40. The fourth-order valence-electron chi connectivity index (χ4n) is 5.20. The monoisotopic (exact) mass is 514 g/mol. The Balaban J connectivity index is 1.43. The van der Waals surface area contributed by atoms with Crippen LogP contribution >= 0.6 is 0 Å². The second-order valence-electron chi connectivity index (χ2n) is 9.93. The number of amides is 3. The van der Waals surface area contributed by atoms with Gasteiger partial charge in [0.25, 0.3) is 0 Å². The first-order valence-electron chi connectivity index (χ1n) is 11.9. The van der Waals surface area contributed by atoms with Crippen LogP contribution < -0.4 is 4.72 Å². The predicted octanol–water partition coefficient (Wildman–Crippen LogP) is 2.04. The third-order valence-corrected chi connectivity index (χ3v) is 9.31. The molecular weight excluding hydrogens is 487 g/mol. The summed E-state index contributed by atoms with van der Waals surface area (Å²) in [5.41, 5.74) is 0.342. The van der Waals surface area contributed by atoms with Gasteiger partial charge in [0.15, 0.2) is 0 Å². The molecule has 1 aliphatic heterocycles. The van der Waals surface area contributed by atoms with Crippen molar-refractivity contribution >= 4 is 22.0 Å². The molecule has 3 unspecified atom stereocenters. The van der Waals surface area contributed by atoms with Crippen LogP contribution in [-0.4, -0.2) is 56.8 Å². The van der Waals surface area contributed by atoms with Crippen molar-refractivity contribution in [3.8, 4) is 6.07 Å². The number of nitrogens with one attached hydrogen (secondary N) is 1. The van der Waals surface area contributed by atoms with Crippen molar-refractivity contribution < 1.29 is 22.4 Å². The van der Waals surface area contributed by atoms with Crippen LogP contribution in [0.15, 0.2) is 36.7 Å². The minimum Gasteiger partial charge on any atom is -0.316 e. The number of imide groups is 1. The number of hydrogen-bond donors (Lipinski definition) is 1. The summed E-state index contributed by atoms with van der Waals surface area (Å²) < 4.78 is 43.8. The van der Waals surface area contributed by atoms with E-state index in [0.717, 1.165) is 4.90 Å². The van der Waals surface area contributed by atoms with Gasteiger partial charge in [0, 0.05) is 31.4 Å². The van der Waals surface area contributed by atoms with Crippen molar-refractivity contribution in [2.75, 3.05) is 0 Å². The summed E-state index contributed by atoms with van der Waals surface area (Å²) in [6, 6.07) is 6.93. The summed E-state index contributed by atoms with van der Waals surface area (Å²) in [5, 5.41) is 12.6. The highest BCUT2D eigenvalue weighted by molar-refractivity contribution is 7.90. The Morgan fingerprint density at radius 1 is 1.17 bits per heavy atom. The van der Waals surface area contributed by atoms with Crippen LogP contribution in [0.1, 0.15) is 43.2 Å².